The molecule has 1 aliphatic rings. The number of nitrogens with one attached hydrogen (secondary N) is 2. The van der Waals surface area contributed by atoms with Crippen molar-refractivity contribution < 1.29 is 9.53 Å². The van der Waals surface area contributed by atoms with Gasteiger partial charge in [0.15, 0.2) is 0 Å². The number of carbonyl (C=O) groups excluding carboxylic acids is 1. The number of rotatable bonds is 7. The molecule has 2 aromatic rings. The van der Waals surface area contributed by atoms with E-state index in [-0.39, 0.29) is 12.1 Å². The Bertz CT molecular complexity index is 763. The van der Waals surface area contributed by atoms with Crippen LogP contribution in [0.2, 0.25) is 0 Å². The molecule has 0 saturated carbocycles. The lowest BCUT2D eigenvalue weighted by Crippen LogP contribution is -2.43. The third-order valence-corrected chi connectivity index (χ3v) is 4.70. The van der Waals surface area contributed by atoms with E-state index < -0.39 is 5.91 Å². The summed E-state index contributed by atoms with van der Waals surface area (Å²) in [6.45, 7) is 5.75. The normalized spacial score (nSPS) is 19.7. The van der Waals surface area contributed by atoms with Gasteiger partial charge in [-0.2, -0.15) is 4.98 Å². The molecule has 1 fully saturated rings. The predicted molar refractivity (Wildman–Crippen MR) is 106 cm³/mol. The summed E-state index contributed by atoms with van der Waals surface area (Å²) in [5.74, 6) is 1.36. The minimum atomic E-state index is -0.428. The third-order valence-electron chi connectivity index (χ3n) is 4.70. The molecule has 0 radical (unpaired) electrons. The molecule has 144 valence electrons. The highest BCUT2D eigenvalue weighted by molar-refractivity contribution is 5.92. The van der Waals surface area contributed by atoms with Gasteiger partial charge in [0.1, 0.15) is 5.82 Å². The Morgan fingerprint density at radius 2 is 2.07 bits per heavy atom. The SMILES string of the molecule is CC(C)[C@H]1OCCC[C@@H]1Nc1ccnc(NCc2ccc(C(N)=O)cc2)n1. The molecule has 1 amide bonds. The number of hydrogen-bond donors (Lipinski definition) is 3. The second-order valence-corrected chi connectivity index (χ2v) is 7.15. The van der Waals surface area contributed by atoms with Crippen LogP contribution in [0.1, 0.15) is 42.6 Å². The first-order chi connectivity index (χ1) is 13.0. The molecule has 27 heavy (non-hydrogen) atoms. The molecule has 0 unspecified atom stereocenters. The molecule has 2 atom stereocenters. The van der Waals surface area contributed by atoms with Crippen LogP contribution in [0.4, 0.5) is 11.8 Å². The van der Waals surface area contributed by atoms with Crippen LogP contribution >= 0.6 is 0 Å². The van der Waals surface area contributed by atoms with Crippen molar-refractivity contribution in [1.82, 2.24) is 9.97 Å². The third kappa shape index (κ3) is 5.17. The van der Waals surface area contributed by atoms with Crippen molar-refractivity contribution in [3.05, 3.63) is 47.7 Å². The van der Waals surface area contributed by atoms with Crippen molar-refractivity contribution in [1.29, 1.82) is 0 Å². The van der Waals surface area contributed by atoms with Crippen LogP contribution in [0.3, 0.4) is 0 Å². The summed E-state index contributed by atoms with van der Waals surface area (Å²) in [5, 5.41) is 6.71. The summed E-state index contributed by atoms with van der Waals surface area (Å²) in [6, 6.07) is 9.28. The summed E-state index contributed by atoms with van der Waals surface area (Å²) in [7, 11) is 0. The number of carbonyl (C=O) groups is 1. The van der Waals surface area contributed by atoms with Gasteiger partial charge in [0.05, 0.1) is 12.1 Å². The predicted octanol–water partition coefficient (Wildman–Crippen LogP) is 2.80. The molecule has 3 rings (SSSR count). The van der Waals surface area contributed by atoms with Gasteiger partial charge in [-0.25, -0.2) is 4.98 Å². The fourth-order valence-corrected chi connectivity index (χ4v) is 3.30. The number of nitrogens with two attached hydrogens (primary N) is 1. The number of ether oxygens (including phenoxy) is 1. The maximum absolute atomic E-state index is 11.1. The van der Waals surface area contributed by atoms with Crippen molar-refractivity contribution in [3.8, 4) is 0 Å². The van der Waals surface area contributed by atoms with Crippen LogP contribution in [0.15, 0.2) is 36.5 Å². The number of benzene rings is 1. The Hall–Kier alpha value is -2.67. The van der Waals surface area contributed by atoms with Gasteiger partial charge >= 0.3 is 0 Å². The smallest absolute Gasteiger partial charge is 0.248 e. The molecule has 1 saturated heterocycles. The van der Waals surface area contributed by atoms with E-state index >= 15 is 0 Å². The van der Waals surface area contributed by atoms with Gasteiger partial charge in [-0.15, -0.1) is 0 Å². The Morgan fingerprint density at radius 1 is 1.30 bits per heavy atom. The Balaban J connectivity index is 1.60. The number of primary amides is 1. The van der Waals surface area contributed by atoms with Crippen LogP contribution in [0, 0.1) is 5.92 Å². The van der Waals surface area contributed by atoms with E-state index in [1.807, 2.05) is 18.2 Å². The van der Waals surface area contributed by atoms with Gasteiger partial charge in [0, 0.05) is 24.9 Å². The molecule has 1 aromatic carbocycles. The van der Waals surface area contributed by atoms with Gasteiger partial charge in [-0.05, 0) is 42.5 Å². The highest BCUT2D eigenvalue weighted by Gasteiger charge is 2.28. The topological polar surface area (TPSA) is 102 Å². The zero-order valence-electron chi connectivity index (χ0n) is 15.8. The van der Waals surface area contributed by atoms with E-state index in [0.29, 0.717) is 24.0 Å². The number of nitrogens with zero attached hydrogens (tertiary/aromatic N) is 2. The van der Waals surface area contributed by atoms with Gasteiger partial charge < -0.3 is 21.1 Å². The second kappa shape index (κ2) is 8.81. The van der Waals surface area contributed by atoms with Crippen molar-refractivity contribution in [3.63, 3.8) is 0 Å². The highest BCUT2D eigenvalue weighted by atomic mass is 16.5. The Morgan fingerprint density at radius 3 is 2.78 bits per heavy atom. The molecular weight excluding hydrogens is 342 g/mol. The minimum Gasteiger partial charge on any atom is -0.376 e. The molecule has 7 nitrogen and oxygen atoms in total. The van der Waals surface area contributed by atoms with E-state index in [0.717, 1.165) is 30.8 Å². The maximum Gasteiger partial charge on any atom is 0.248 e. The molecule has 0 spiro atoms. The largest absolute Gasteiger partial charge is 0.376 e. The van der Waals surface area contributed by atoms with Crippen LogP contribution in [0.25, 0.3) is 0 Å². The van der Waals surface area contributed by atoms with Crippen molar-refractivity contribution in [2.45, 2.75) is 45.4 Å². The zero-order valence-corrected chi connectivity index (χ0v) is 15.8. The molecule has 0 bridgehead atoms. The summed E-state index contributed by atoms with van der Waals surface area (Å²) in [4.78, 5) is 20.0. The van der Waals surface area contributed by atoms with Crippen LogP contribution in [-0.4, -0.2) is 34.6 Å². The fraction of sp³-hybridized carbons (Fsp3) is 0.450. The lowest BCUT2D eigenvalue weighted by Gasteiger charge is -2.35. The van der Waals surface area contributed by atoms with Crippen molar-refractivity contribution in [2.24, 2.45) is 11.7 Å². The van der Waals surface area contributed by atoms with Gasteiger partial charge in [0.2, 0.25) is 11.9 Å². The first kappa shape index (κ1) is 19.1. The van der Waals surface area contributed by atoms with Gasteiger partial charge in [0.25, 0.3) is 0 Å². The molecule has 7 heteroatoms. The molecule has 2 heterocycles. The Kier molecular flexibility index (Phi) is 6.24. The van der Waals surface area contributed by atoms with Crippen LogP contribution in [0.5, 0.6) is 0 Å². The molecule has 1 aliphatic heterocycles. The molecule has 1 aromatic heterocycles. The Labute approximate surface area is 159 Å². The standard InChI is InChI=1S/C20H27N5O2/c1-13(2)18-16(4-3-11-27-18)24-17-9-10-22-20(25-17)23-12-14-5-7-15(8-6-14)19(21)26/h5-10,13,16,18H,3-4,11-12H2,1-2H3,(H2,21,26)(H2,22,23,24,25)/t16-,18+/m0/s1. The number of amides is 1. The van der Waals surface area contributed by atoms with E-state index in [2.05, 4.69) is 34.4 Å². The summed E-state index contributed by atoms with van der Waals surface area (Å²) in [6.07, 6.45) is 4.05. The molecule has 4 N–H and O–H groups in total. The van der Waals surface area contributed by atoms with E-state index in [1.54, 1.807) is 18.3 Å². The fourth-order valence-electron chi connectivity index (χ4n) is 3.30. The second-order valence-electron chi connectivity index (χ2n) is 7.15. The first-order valence-electron chi connectivity index (χ1n) is 9.36. The molecule has 0 aliphatic carbocycles. The van der Waals surface area contributed by atoms with Gasteiger partial charge in [-0.3, -0.25) is 4.79 Å². The first-order valence-corrected chi connectivity index (χ1v) is 9.36. The quantitative estimate of drug-likeness (QED) is 0.694. The van der Waals surface area contributed by atoms with E-state index in [1.165, 1.54) is 0 Å². The van der Waals surface area contributed by atoms with Gasteiger partial charge in [-0.1, -0.05) is 26.0 Å². The minimum absolute atomic E-state index is 0.189. The number of hydrogen-bond acceptors (Lipinski definition) is 6. The summed E-state index contributed by atoms with van der Waals surface area (Å²) < 4.78 is 5.93. The van der Waals surface area contributed by atoms with E-state index in [9.17, 15) is 4.79 Å². The average molecular weight is 369 g/mol. The van der Waals surface area contributed by atoms with Crippen molar-refractivity contribution >= 4 is 17.7 Å². The number of aromatic nitrogens is 2. The zero-order chi connectivity index (χ0) is 19.2. The van der Waals surface area contributed by atoms with Crippen LogP contribution < -0.4 is 16.4 Å². The summed E-state index contributed by atoms with van der Waals surface area (Å²) >= 11 is 0. The van der Waals surface area contributed by atoms with Crippen molar-refractivity contribution in [2.75, 3.05) is 17.2 Å². The lowest BCUT2D eigenvalue weighted by molar-refractivity contribution is -0.0203. The van der Waals surface area contributed by atoms with E-state index in [4.69, 9.17) is 10.5 Å². The average Bonchev–Trinajstić information content (AvgIpc) is 2.67. The number of anilines is 2. The monoisotopic (exact) mass is 369 g/mol. The highest BCUT2D eigenvalue weighted by Crippen LogP contribution is 2.23. The lowest BCUT2D eigenvalue weighted by atomic mass is 9.94. The molecular formula is C20H27N5O2. The van der Waals surface area contributed by atoms with Crippen LogP contribution in [-0.2, 0) is 11.3 Å². The maximum atomic E-state index is 11.1. The summed E-state index contributed by atoms with van der Waals surface area (Å²) in [5.41, 5.74) is 6.77.